The molecule has 1 atom stereocenters. The third kappa shape index (κ3) is 3.17. The lowest BCUT2D eigenvalue weighted by atomic mass is 9.88. The molecule has 2 aromatic heterocycles. The molecule has 0 fully saturated rings. The molecule has 1 aromatic carbocycles. The average Bonchev–Trinajstić information content (AvgIpc) is 3.29. The lowest BCUT2D eigenvalue weighted by Crippen LogP contribution is -2.24. The molecule has 0 aliphatic heterocycles. The molecule has 6 nitrogen and oxygen atoms in total. The van der Waals surface area contributed by atoms with Crippen LogP contribution in [0.3, 0.4) is 0 Å². The third-order valence-electron chi connectivity index (χ3n) is 5.70. The standard InChI is InChI=1S/C22H22ClN5O/c1-3-29-13(2)19-12-24-21-20(26-22(23)27-28(19)21)25-16-9-8-15-10-14-6-4-5-7-17(14)18(15)11-16/h4-7,12,16H,2-3,8-11H2,1H3,(H,25,26,27)/t16-/m1/s1. The fourth-order valence-electron chi connectivity index (χ4n) is 4.39. The highest BCUT2D eigenvalue weighted by Crippen LogP contribution is 2.42. The van der Waals surface area contributed by atoms with E-state index in [1.54, 1.807) is 16.3 Å². The summed E-state index contributed by atoms with van der Waals surface area (Å²) in [5.74, 6) is 1.15. The zero-order chi connectivity index (χ0) is 20.0. The van der Waals surface area contributed by atoms with Crippen LogP contribution in [0.5, 0.6) is 0 Å². The van der Waals surface area contributed by atoms with Crippen LogP contribution in [0.4, 0.5) is 5.82 Å². The number of rotatable bonds is 5. The summed E-state index contributed by atoms with van der Waals surface area (Å²) in [4.78, 5) is 8.91. The first-order chi connectivity index (χ1) is 14.1. The number of hydrogen-bond acceptors (Lipinski definition) is 5. The van der Waals surface area contributed by atoms with Crippen LogP contribution in [0.15, 0.2) is 42.6 Å². The van der Waals surface area contributed by atoms with Gasteiger partial charge in [-0.1, -0.05) is 36.4 Å². The molecule has 2 heterocycles. The van der Waals surface area contributed by atoms with Gasteiger partial charge in [-0.3, -0.25) is 0 Å². The Morgan fingerprint density at radius 1 is 1.38 bits per heavy atom. The van der Waals surface area contributed by atoms with Crippen LogP contribution < -0.4 is 5.32 Å². The van der Waals surface area contributed by atoms with Crippen molar-refractivity contribution >= 4 is 34.4 Å². The van der Waals surface area contributed by atoms with Gasteiger partial charge in [0.2, 0.25) is 5.28 Å². The molecule has 148 valence electrons. The first-order valence-corrected chi connectivity index (χ1v) is 10.3. The van der Waals surface area contributed by atoms with E-state index in [4.69, 9.17) is 16.3 Å². The number of ether oxygens (including phenoxy) is 1. The molecule has 0 saturated carbocycles. The van der Waals surface area contributed by atoms with Crippen LogP contribution in [0.25, 0.3) is 17.0 Å². The molecule has 3 aromatic rings. The maximum atomic E-state index is 6.22. The van der Waals surface area contributed by atoms with Gasteiger partial charge < -0.3 is 10.1 Å². The number of nitrogens with one attached hydrogen (secondary N) is 1. The van der Waals surface area contributed by atoms with Crippen molar-refractivity contribution in [3.05, 3.63) is 64.7 Å². The first-order valence-electron chi connectivity index (χ1n) is 9.93. The van der Waals surface area contributed by atoms with Crippen molar-refractivity contribution in [1.82, 2.24) is 19.6 Å². The lowest BCUT2D eigenvalue weighted by molar-refractivity contribution is 0.297. The highest BCUT2D eigenvalue weighted by Gasteiger charge is 2.28. The molecule has 1 N–H and O–H groups in total. The van der Waals surface area contributed by atoms with Gasteiger partial charge in [0.15, 0.2) is 11.5 Å². The molecule has 5 rings (SSSR count). The molecular weight excluding hydrogens is 386 g/mol. The largest absolute Gasteiger partial charge is 0.492 e. The number of nitrogens with zero attached hydrogens (tertiary/aromatic N) is 4. The van der Waals surface area contributed by atoms with Crippen molar-refractivity contribution in [1.29, 1.82) is 0 Å². The van der Waals surface area contributed by atoms with Gasteiger partial charge in [-0.15, -0.1) is 5.10 Å². The van der Waals surface area contributed by atoms with Gasteiger partial charge >= 0.3 is 0 Å². The fourth-order valence-corrected chi connectivity index (χ4v) is 4.55. The Balaban J connectivity index is 1.44. The highest BCUT2D eigenvalue weighted by molar-refractivity contribution is 6.28. The summed E-state index contributed by atoms with van der Waals surface area (Å²) in [6, 6.07) is 8.99. The predicted molar refractivity (Wildman–Crippen MR) is 115 cm³/mol. The number of imidazole rings is 1. The minimum absolute atomic E-state index is 0.158. The van der Waals surface area contributed by atoms with Crippen LogP contribution in [-0.2, 0) is 11.2 Å². The van der Waals surface area contributed by atoms with E-state index < -0.39 is 0 Å². The van der Waals surface area contributed by atoms with Gasteiger partial charge in [0, 0.05) is 6.04 Å². The van der Waals surface area contributed by atoms with Gasteiger partial charge in [0.05, 0.1) is 12.8 Å². The summed E-state index contributed by atoms with van der Waals surface area (Å²) < 4.78 is 7.17. The molecule has 0 saturated heterocycles. The molecule has 7 heteroatoms. The van der Waals surface area contributed by atoms with Crippen LogP contribution in [0, 0.1) is 0 Å². The van der Waals surface area contributed by atoms with Gasteiger partial charge in [-0.25, -0.2) is 9.50 Å². The number of benzene rings is 1. The Kier molecular flexibility index (Phi) is 4.51. The topological polar surface area (TPSA) is 64.3 Å². The normalized spacial score (nSPS) is 17.9. The van der Waals surface area contributed by atoms with Crippen LogP contribution >= 0.6 is 11.6 Å². The molecule has 2 aliphatic carbocycles. The van der Waals surface area contributed by atoms with Crippen molar-refractivity contribution in [2.24, 2.45) is 0 Å². The van der Waals surface area contributed by atoms with E-state index in [0.717, 1.165) is 25.7 Å². The van der Waals surface area contributed by atoms with Crippen molar-refractivity contribution in [2.45, 2.75) is 38.6 Å². The molecule has 0 spiro atoms. The molecular formula is C22H22ClN5O. The lowest BCUT2D eigenvalue weighted by Gasteiger charge is -2.26. The molecule has 0 radical (unpaired) electrons. The van der Waals surface area contributed by atoms with Crippen LogP contribution in [0.2, 0.25) is 5.28 Å². The number of aromatic nitrogens is 4. The fraction of sp³-hybridized carbons (Fsp3) is 0.318. The maximum Gasteiger partial charge on any atom is 0.243 e. The Morgan fingerprint density at radius 3 is 3.10 bits per heavy atom. The summed E-state index contributed by atoms with van der Waals surface area (Å²) >= 11 is 6.22. The van der Waals surface area contributed by atoms with E-state index in [2.05, 4.69) is 51.2 Å². The Bertz CT molecular complexity index is 1150. The molecule has 0 bridgehead atoms. The highest BCUT2D eigenvalue weighted by atomic mass is 35.5. The number of allylic oxidation sites excluding steroid dienone is 1. The van der Waals surface area contributed by atoms with E-state index in [9.17, 15) is 0 Å². The third-order valence-corrected chi connectivity index (χ3v) is 5.86. The quantitative estimate of drug-likeness (QED) is 0.618. The van der Waals surface area contributed by atoms with Crippen LogP contribution in [-0.4, -0.2) is 32.2 Å². The number of fused-ring (bicyclic) bond motifs is 3. The summed E-state index contributed by atoms with van der Waals surface area (Å²) in [5, 5.41) is 8.02. The minimum Gasteiger partial charge on any atom is -0.492 e. The van der Waals surface area contributed by atoms with Gasteiger partial charge in [0.1, 0.15) is 11.5 Å². The maximum absolute atomic E-state index is 6.22. The summed E-state index contributed by atoms with van der Waals surface area (Å²) in [5.41, 5.74) is 7.19. The predicted octanol–water partition coefficient (Wildman–Crippen LogP) is 4.76. The second kappa shape index (κ2) is 7.19. The van der Waals surface area contributed by atoms with Crippen molar-refractivity contribution < 1.29 is 4.74 Å². The van der Waals surface area contributed by atoms with Gasteiger partial charge in [-0.2, -0.15) is 4.98 Å². The van der Waals surface area contributed by atoms with Crippen molar-refractivity contribution in [2.75, 3.05) is 11.9 Å². The number of halogens is 1. The zero-order valence-electron chi connectivity index (χ0n) is 16.3. The van der Waals surface area contributed by atoms with Gasteiger partial charge in [0.25, 0.3) is 0 Å². The number of anilines is 1. The van der Waals surface area contributed by atoms with Gasteiger partial charge in [-0.05, 0) is 60.9 Å². The molecule has 29 heavy (non-hydrogen) atoms. The van der Waals surface area contributed by atoms with E-state index in [1.807, 2.05) is 6.92 Å². The Labute approximate surface area is 174 Å². The Morgan fingerprint density at radius 2 is 2.24 bits per heavy atom. The van der Waals surface area contributed by atoms with Crippen LogP contribution in [0.1, 0.15) is 43.0 Å². The average molecular weight is 408 g/mol. The summed E-state index contributed by atoms with van der Waals surface area (Å²) in [6.45, 7) is 6.39. The Hall–Kier alpha value is -2.86. The first kappa shape index (κ1) is 18.2. The van der Waals surface area contributed by atoms with Crippen molar-refractivity contribution in [3.8, 4) is 0 Å². The van der Waals surface area contributed by atoms with E-state index in [-0.39, 0.29) is 11.3 Å². The van der Waals surface area contributed by atoms with E-state index in [0.29, 0.717) is 29.5 Å². The van der Waals surface area contributed by atoms with Crippen molar-refractivity contribution in [3.63, 3.8) is 0 Å². The summed E-state index contributed by atoms with van der Waals surface area (Å²) in [7, 11) is 0. The van der Waals surface area contributed by atoms with E-state index in [1.165, 1.54) is 16.7 Å². The number of hydrogen-bond donors (Lipinski definition) is 1. The second-order valence-corrected chi connectivity index (χ2v) is 7.80. The second-order valence-electron chi connectivity index (χ2n) is 7.46. The molecule has 0 amide bonds. The molecule has 0 unspecified atom stereocenters. The SMILES string of the molecule is C=C(OCC)c1cnc2c(N[C@@H]3CCC4=C(C3)c3ccccc3C4)nc(Cl)nn12. The summed E-state index contributed by atoms with van der Waals surface area (Å²) in [6.07, 6.45) is 5.90. The van der Waals surface area contributed by atoms with E-state index >= 15 is 0 Å². The monoisotopic (exact) mass is 407 g/mol. The smallest absolute Gasteiger partial charge is 0.243 e. The minimum atomic E-state index is 0.158. The molecule has 2 aliphatic rings. The zero-order valence-corrected chi connectivity index (χ0v) is 17.0.